The highest BCUT2D eigenvalue weighted by atomic mass is 79.9. The van der Waals surface area contributed by atoms with Gasteiger partial charge in [0.2, 0.25) is 0 Å². The first kappa shape index (κ1) is 71.9. The van der Waals surface area contributed by atoms with Crippen molar-refractivity contribution in [3.8, 4) is 0 Å². The molecular weight excluding hydrogens is 845 g/mol. The number of nitrogens with two attached hydrogens (primary N) is 1. The van der Waals surface area contributed by atoms with Crippen LogP contribution in [0.2, 0.25) is 0 Å². The molecule has 0 aromatic heterocycles. The van der Waals surface area contributed by atoms with Gasteiger partial charge in [-0.25, -0.2) is 0 Å². The largest absolute Gasteiger partial charge is 0.488 e. The Labute approximate surface area is 354 Å². The Bertz CT molecular complexity index is 913. The van der Waals surface area contributed by atoms with Crippen LogP contribution in [0.25, 0.3) is 0 Å². The van der Waals surface area contributed by atoms with Crippen molar-refractivity contribution in [2.75, 3.05) is 87.2 Å². The predicted molar refractivity (Wildman–Crippen MR) is 255 cm³/mol. The molecule has 0 bridgehead atoms. The van der Waals surface area contributed by atoms with Crippen molar-refractivity contribution in [3.63, 3.8) is 0 Å². The molecule has 304 valence electrons. The number of benzene rings is 4. The van der Waals surface area contributed by atoms with E-state index in [1.807, 2.05) is 127 Å². The summed E-state index contributed by atoms with van der Waals surface area (Å²) in [5, 5.41) is 22.7. The molecule has 0 saturated heterocycles. The van der Waals surface area contributed by atoms with Crippen LogP contribution in [0.15, 0.2) is 121 Å². The molecule has 6 nitrogen and oxygen atoms in total. The number of alkyl halides is 5. The Morgan fingerprint density at radius 1 is 0.462 bits per heavy atom. The molecule has 0 fully saturated rings. The van der Waals surface area contributed by atoms with Gasteiger partial charge in [0.15, 0.2) is 0 Å². The highest BCUT2D eigenvalue weighted by Crippen LogP contribution is 1.93. The number of nitrogens with zero attached hydrogens (tertiary/aromatic N) is 1. The van der Waals surface area contributed by atoms with Gasteiger partial charge >= 0.3 is 7.12 Å². The molecule has 4 rings (SSSR count). The van der Waals surface area contributed by atoms with Gasteiger partial charge in [-0.05, 0) is 94.3 Å². The summed E-state index contributed by atoms with van der Waals surface area (Å²) < 4.78 is 0. The van der Waals surface area contributed by atoms with Gasteiger partial charge in [0.05, 0.1) is 0 Å². The minimum atomic E-state index is -1.34. The highest BCUT2D eigenvalue weighted by molar-refractivity contribution is 9.09. The van der Waals surface area contributed by atoms with E-state index in [1.54, 1.807) is 24.3 Å². The summed E-state index contributed by atoms with van der Waals surface area (Å²) in [5.41, 5.74) is 8.99. The number of aryl methyl sites for hydroxylation is 3. The lowest BCUT2D eigenvalue weighted by atomic mass is 9.81. The standard InChI is InChI=1S/3C7H8.C6H7BO2.C3H9N.2C2H7N.2CH3Br.3CH3Cl.CH5N/c3*1-7-5-3-2-4-6-7;8-7(9)6-4-2-1-3-5-6;1-4(2)3;2*1-3-2;6*1-2/h3*2-6H,1H3;1-5,8-9H;1-3H3;2*3H,1-2H3;5*1H3;2H2,1H3. The summed E-state index contributed by atoms with van der Waals surface area (Å²) >= 11 is 19.8. The predicted octanol–water partition coefficient (Wildman–Crippen LogP) is 9.36. The number of hydrogen-bond donors (Lipinski definition) is 5. The molecule has 0 saturated carbocycles. The quantitative estimate of drug-likeness (QED) is 0.0967. The molecule has 0 aliphatic rings. The van der Waals surface area contributed by atoms with Gasteiger partial charge in [-0.3, -0.25) is 0 Å². The second-order valence-electron chi connectivity index (χ2n) is 9.09. The molecule has 0 aliphatic carbocycles. The second-order valence-corrected chi connectivity index (χ2v) is 9.09. The Hall–Kier alpha value is -1.47. The van der Waals surface area contributed by atoms with Crippen LogP contribution in [0, 0.1) is 20.8 Å². The minimum absolute atomic E-state index is 0.525. The fraction of sp³-hybridized carbons (Fsp3) is 0.400. The summed E-state index contributed by atoms with van der Waals surface area (Å²) in [7, 11) is 13.7. The van der Waals surface area contributed by atoms with Crippen molar-refractivity contribution in [3.05, 3.63) is 138 Å². The lowest BCUT2D eigenvalue weighted by Gasteiger charge is -1.94. The van der Waals surface area contributed by atoms with Crippen LogP contribution >= 0.6 is 66.7 Å². The molecule has 6 N–H and O–H groups in total. The third-order valence-electron chi connectivity index (χ3n) is 3.92. The first-order chi connectivity index (χ1) is 25.0. The molecule has 0 unspecified atom stereocenters. The molecule has 0 atom stereocenters. The fourth-order valence-corrected chi connectivity index (χ4v) is 2.23. The lowest BCUT2D eigenvalue weighted by molar-refractivity contribution is 0.426. The Morgan fingerprint density at radius 2 is 0.596 bits per heavy atom. The van der Waals surface area contributed by atoms with Crippen molar-refractivity contribution in [1.29, 1.82) is 0 Å². The lowest BCUT2D eigenvalue weighted by Crippen LogP contribution is -2.29. The van der Waals surface area contributed by atoms with Crippen LogP contribution in [-0.4, -0.2) is 109 Å². The Balaban J connectivity index is -0.0000000577. The number of nitrogens with one attached hydrogen (secondary N) is 2. The van der Waals surface area contributed by atoms with Crippen molar-refractivity contribution in [2.24, 2.45) is 5.73 Å². The Morgan fingerprint density at radius 3 is 0.673 bits per heavy atom. The van der Waals surface area contributed by atoms with E-state index in [1.165, 1.54) is 42.9 Å². The van der Waals surface area contributed by atoms with Gasteiger partial charge in [0.25, 0.3) is 0 Å². The number of halogens is 5. The molecule has 0 heterocycles. The first-order valence-corrected chi connectivity index (χ1v) is 21.2. The van der Waals surface area contributed by atoms with Crippen LogP contribution < -0.4 is 21.8 Å². The van der Waals surface area contributed by atoms with Crippen LogP contribution in [0.3, 0.4) is 0 Å². The van der Waals surface area contributed by atoms with E-state index in [0.29, 0.717) is 5.46 Å². The second kappa shape index (κ2) is 78.6. The molecule has 12 heteroatoms. The molecular formula is C40H74BBr2Cl3N4O2. The van der Waals surface area contributed by atoms with Gasteiger partial charge < -0.3 is 31.3 Å². The van der Waals surface area contributed by atoms with E-state index >= 15 is 0 Å². The average Bonchev–Trinajstić information content (AvgIpc) is 3.19. The summed E-state index contributed by atoms with van der Waals surface area (Å²) in [4.78, 5) is 2.00. The van der Waals surface area contributed by atoms with E-state index < -0.39 is 7.12 Å². The average molecular weight is 920 g/mol. The summed E-state index contributed by atoms with van der Waals surface area (Å²) in [6.45, 7) is 6.25. The summed E-state index contributed by atoms with van der Waals surface area (Å²) in [5.74, 6) is 3.62. The Kier molecular flexibility index (Phi) is 109. The SMILES string of the molecule is CBr.CBr.CCl.CCl.CCl.CN.CN(C)C.CNC.CNC.Cc1ccccc1.Cc1ccccc1.Cc1ccccc1.OB(O)c1ccccc1. The topological polar surface area (TPSA) is 93.8 Å². The molecule has 4 aromatic rings. The summed E-state index contributed by atoms with van der Waals surface area (Å²) in [6, 6.07) is 39.4. The maximum atomic E-state index is 8.58. The molecule has 0 aliphatic heterocycles. The van der Waals surface area contributed by atoms with Gasteiger partial charge in [0.1, 0.15) is 0 Å². The monoisotopic (exact) mass is 916 g/mol. The normalized spacial score (nSPS) is 7.17. The van der Waals surface area contributed by atoms with Crippen molar-refractivity contribution in [1.82, 2.24) is 15.5 Å². The van der Waals surface area contributed by atoms with E-state index in [9.17, 15) is 0 Å². The number of rotatable bonds is 1. The van der Waals surface area contributed by atoms with Gasteiger partial charge in [-0.1, -0.05) is 170 Å². The molecule has 4 aromatic carbocycles. The van der Waals surface area contributed by atoms with Crippen LogP contribution in [0.4, 0.5) is 0 Å². The molecule has 0 radical (unpaired) electrons. The van der Waals surface area contributed by atoms with E-state index in [2.05, 4.69) is 140 Å². The smallest absolute Gasteiger partial charge is 0.423 e. The third kappa shape index (κ3) is 92.0. The van der Waals surface area contributed by atoms with Crippen molar-refractivity contribution >= 4 is 79.2 Å². The molecule has 52 heavy (non-hydrogen) atoms. The summed E-state index contributed by atoms with van der Waals surface area (Å²) in [6.07, 6.45) is 4.42. The van der Waals surface area contributed by atoms with Crippen molar-refractivity contribution in [2.45, 2.75) is 20.8 Å². The maximum absolute atomic E-state index is 8.58. The minimum Gasteiger partial charge on any atom is -0.423 e. The first-order valence-electron chi connectivity index (χ1n) is 15.8. The fourth-order valence-electron chi connectivity index (χ4n) is 2.23. The zero-order chi connectivity index (χ0) is 43.0. The number of hydrogen-bond acceptors (Lipinski definition) is 6. The van der Waals surface area contributed by atoms with E-state index in [0.717, 1.165) is 0 Å². The van der Waals surface area contributed by atoms with Gasteiger partial charge in [-0.15, -0.1) is 34.8 Å². The molecule has 0 spiro atoms. The highest BCUT2D eigenvalue weighted by Gasteiger charge is 2.07. The maximum Gasteiger partial charge on any atom is 0.488 e. The zero-order valence-corrected chi connectivity index (χ0v) is 40.4. The van der Waals surface area contributed by atoms with E-state index in [-0.39, 0.29) is 0 Å². The van der Waals surface area contributed by atoms with Crippen molar-refractivity contribution < 1.29 is 10.0 Å². The van der Waals surface area contributed by atoms with Gasteiger partial charge in [-0.2, -0.15) is 0 Å². The molecule has 0 amide bonds. The van der Waals surface area contributed by atoms with E-state index in [4.69, 9.17) is 10.0 Å². The zero-order valence-electron chi connectivity index (χ0n) is 34.9. The van der Waals surface area contributed by atoms with Gasteiger partial charge in [0, 0.05) is 19.1 Å². The van der Waals surface area contributed by atoms with Crippen LogP contribution in [0.5, 0.6) is 0 Å². The van der Waals surface area contributed by atoms with Crippen LogP contribution in [0.1, 0.15) is 16.7 Å². The third-order valence-corrected chi connectivity index (χ3v) is 3.92. The van der Waals surface area contributed by atoms with Crippen LogP contribution in [-0.2, 0) is 0 Å².